The summed E-state index contributed by atoms with van der Waals surface area (Å²) in [6.07, 6.45) is 0. The number of nitrogens with zero attached hydrogens (tertiary/aromatic N) is 4. The van der Waals surface area contributed by atoms with Crippen molar-refractivity contribution in [3.8, 4) is 0 Å². The quantitative estimate of drug-likeness (QED) is 0.790. The number of hydrogen-bond donors (Lipinski definition) is 1. The van der Waals surface area contributed by atoms with Gasteiger partial charge in [-0.2, -0.15) is 0 Å². The second-order valence-electron chi connectivity index (χ2n) is 7.32. The SMILES string of the molecule is Cc1cc(N2CCN(CC(=O)Nc3cc(Cl)ccc3Cl)CC2)nc(C(C)C)n1. The van der Waals surface area contributed by atoms with Crippen molar-refractivity contribution in [2.45, 2.75) is 26.7 Å². The molecule has 2 heterocycles. The smallest absolute Gasteiger partial charge is 0.238 e. The maximum absolute atomic E-state index is 12.4. The molecule has 0 saturated carbocycles. The molecule has 150 valence electrons. The number of hydrogen-bond acceptors (Lipinski definition) is 5. The number of aromatic nitrogens is 2. The molecular weight excluding hydrogens is 397 g/mol. The molecule has 1 amide bonds. The molecule has 1 aliphatic rings. The van der Waals surface area contributed by atoms with E-state index in [4.69, 9.17) is 28.2 Å². The lowest BCUT2D eigenvalue weighted by atomic mass is 10.2. The first-order chi connectivity index (χ1) is 13.3. The summed E-state index contributed by atoms with van der Waals surface area (Å²) >= 11 is 12.1. The van der Waals surface area contributed by atoms with Crippen LogP contribution in [0.1, 0.15) is 31.3 Å². The minimum atomic E-state index is -0.0995. The minimum absolute atomic E-state index is 0.0995. The van der Waals surface area contributed by atoms with Gasteiger partial charge in [0.2, 0.25) is 5.91 Å². The molecule has 0 radical (unpaired) electrons. The van der Waals surface area contributed by atoms with Gasteiger partial charge in [0.25, 0.3) is 0 Å². The number of anilines is 2. The van der Waals surface area contributed by atoms with E-state index in [1.54, 1.807) is 18.2 Å². The van der Waals surface area contributed by atoms with Crippen molar-refractivity contribution in [2.75, 3.05) is 42.9 Å². The lowest BCUT2D eigenvalue weighted by Gasteiger charge is -2.35. The third kappa shape index (κ3) is 5.34. The molecule has 28 heavy (non-hydrogen) atoms. The van der Waals surface area contributed by atoms with Crippen molar-refractivity contribution >= 4 is 40.6 Å². The van der Waals surface area contributed by atoms with Gasteiger partial charge in [0.1, 0.15) is 11.6 Å². The van der Waals surface area contributed by atoms with Crippen molar-refractivity contribution in [3.63, 3.8) is 0 Å². The molecule has 1 N–H and O–H groups in total. The van der Waals surface area contributed by atoms with E-state index in [0.29, 0.717) is 28.2 Å². The van der Waals surface area contributed by atoms with Crippen LogP contribution in [0.4, 0.5) is 11.5 Å². The lowest BCUT2D eigenvalue weighted by Crippen LogP contribution is -2.49. The van der Waals surface area contributed by atoms with Crippen LogP contribution in [-0.4, -0.2) is 53.5 Å². The van der Waals surface area contributed by atoms with E-state index < -0.39 is 0 Å². The Morgan fingerprint density at radius 2 is 1.86 bits per heavy atom. The van der Waals surface area contributed by atoms with Crippen molar-refractivity contribution < 1.29 is 4.79 Å². The van der Waals surface area contributed by atoms with Gasteiger partial charge >= 0.3 is 0 Å². The summed E-state index contributed by atoms with van der Waals surface area (Å²) in [7, 11) is 0. The van der Waals surface area contributed by atoms with Crippen LogP contribution in [0.2, 0.25) is 10.0 Å². The van der Waals surface area contributed by atoms with Crippen LogP contribution in [0.3, 0.4) is 0 Å². The molecule has 0 bridgehead atoms. The van der Waals surface area contributed by atoms with Gasteiger partial charge in [0, 0.05) is 48.9 Å². The topological polar surface area (TPSA) is 61.4 Å². The third-order valence-corrected chi connectivity index (χ3v) is 5.21. The van der Waals surface area contributed by atoms with Crippen molar-refractivity contribution in [3.05, 3.63) is 45.8 Å². The van der Waals surface area contributed by atoms with Gasteiger partial charge in [-0.1, -0.05) is 37.0 Å². The maximum Gasteiger partial charge on any atom is 0.238 e. The zero-order chi connectivity index (χ0) is 20.3. The van der Waals surface area contributed by atoms with Crippen LogP contribution in [0.5, 0.6) is 0 Å². The Morgan fingerprint density at radius 3 is 2.54 bits per heavy atom. The number of benzene rings is 1. The number of nitrogens with one attached hydrogen (secondary N) is 1. The van der Waals surface area contributed by atoms with Crippen LogP contribution in [0.15, 0.2) is 24.3 Å². The predicted octanol–water partition coefficient (Wildman–Crippen LogP) is 3.98. The Morgan fingerprint density at radius 1 is 1.14 bits per heavy atom. The second kappa shape index (κ2) is 9.07. The molecule has 6 nitrogen and oxygen atoms in total. The summed E-state index contributed by atoms with van der Waals surface area (Å²) < 4.78 is 0. The zero-order valence-electron chi connectivity index (χ0n) is 16.4. The van der Waals surface area contributed by atoms with Crippen molar-refractivity contribution in [2.24, 2.45) is 0 Å². The van der Waals surface area contributed by atoms with Gasteiger partial charge in [-0.05, 0) is 25.1 Å². The molecule has 0 aliphatic carbocycles. The lowest BCUT2D eigenvalue weighted by molar-refractivity contribution is -0.117. The van der Waals surface area contributed by atoms with Crippen molar-refractivity contribution in [1.29, 1.82) is 0 Å². The van der Waals surface area contributed by atoms with Gasteiger partial charge in [-0.25, -0.2) is 9.97 Å². The zero-order valence-corrected chi connectivity index (χ0v) is 17.9. The number of aryl methyl sites for hydroxylation is 1. The Bertz CT molecular complexity index is 850. The van der Waals surface area contributed by atoms with Gasteiger partial charge in [-0.15, -0.1) is 0 Å². The normalized spacial score (nSPS) is 15.1. The first-order valence-electron chi connectivity index (χ1n) is 9.39. The number of halogens is 2. The number of amides is 1. The van der Waals surface area contributed by atoms with Gasteiger partial charge in [0.15, 0.2) is 0 Å². The molecule has 1 aromatic heterocycles. The molecular formula is C20H25Cl2N5O. The van der Waals surface area contributed by atoms with Crippen LogP contribution in [0.25, 0.3) is 0 Å². The van der Waals surface area contributed by atoms with E-state index in [2.05, 4.69) is 33.9 Å². The Kier molecular flexibility index (Phi) is 6.75. The highest BCUT2D eigenvalue weighted by Gasteiger charge is 2.21. The molecule has 1 aromatic carbocycles. The maximum atomic E-state index is 12.4. The molecule has 0 spiro atoms. The Balaban J connectivity index is 1.55. The predicted molar refractivity (Wildman–Crippen MR) is 115 cm³/mol. The molecule has 1 aliphatic heterocycles. The van der Waals surface area contributed by atoms with Gasteiger partial charge in [-0.3, -0.25) is 9.69 Å². The second-order valence-corrected chi connectivity index (χ2v) is 8.16. The fourth-order valence-electron chi connectivity index (χ4n) is 3.12. The highest BCUT2D eigenvalue weighted by molar-refractivity contribution is 6.35. The summed E-state index contributed by atoms with van der Waals surface area (Å²) in [5, 5.41) is 3.85. The van der Waals surface area contributed by atoms with Crippen LogP contribution in [-0.2, 0) is 4.79 Å². The van der Waals surface area contributed by atoms with E-state index in [1.807, 2.05) is 13.0 Å². The van der Waals surface area contributed by atoms with Gasteiger partial charge in [0.05, 0.1) is 17.3 Å². The Labute approximate surface area is 175 Å². The largest absolute Gasteiger partial charge is 0.354 e. The highest BCUT2D eigenvalue weighted by atomic mass is 35.5. The van der Waals surface area contributed by atoms with Crippen molar-refractivity contribution in [1.82, 2.24) is 14.9 Å². The monoisotopic (exact) mass is 421 g/mol. The molecule has 3 rings (SSSR count). The highest BCUT2D eigenvalue weighted by Crippen LogP contribution is 2.25. The number of carbonyl (C=O) groups is 1. The first kappa shape index (κ1) is 20.8. The van der Waals surface area contributed by atoms with E-state index in [0.717, 1.165) is 43.5 Å². The van der Waals surface area contributed by atoms with E-state index in [9.17, 15) is 4.79 Å². The van der Waals surface area contributed by atoms with Crippen LogP contribution < -0.4 is 10.2 Å². The molecule has 1 fully saturated rings. The molecule has 0 atom stereocenters. The Hall–Kier alpha value is -1.89. The minimum Gasteiger partial charge on any atom is -0.354 e. The van der Waals surface area contributed by atoms with Gasteiger partial charge < -0.3 is 10.2 Å². The van der Waals surface area contributed by atoms with Crippen LogP contribution >= 0.6 is 23.2 Å². The summed E-state index contributed by atoms with van der Waals surface area (Å²) in [6.45, 7) is 9.73. The molecule has 8 heteroatoms. The summed E-state index contributed by atoms with van der Waals surface area (Å²) in [6, 6.07) is 7.05. The van der Waals surface area contributed by atoms with E-state index in [-0.39, 0.29) is 5.91 Å². The third-order valence-electron chi connectivity index (χ3n) is 4.64. The number of piperazine rings is 1. The average Bonchev–Trinajstić information content (AvgIpc) is 2.64. The molecule has 1 saturated heterocycles. The summed E-state index contributed by atoms with van der Waals surface area (Å²) in [5.41, 5.74) is 1.52. The number of rotatable bonds is 5. The average molecular weight is 422 g/mol. The summed E-state index contributed by atoms with van der Waals surface area (Å²) in [4.78, 5) is 26.0. The van der Waals surface area contributed by atoms with E-state index in [1.165, 1.54) is 0 Å². The molecule has 0 unspecified atom stereocenters. The number of carbonyl (C=O) groups excluding carboxylic acids is 1. The fourth-order valence-corrected chi connectivity index (χ4v) is 3.45. The molecule has 2 aromatic rings. The van der Waals surface area contributed by atoms with E-state index >= 15 is 0 Å². The standard InChI is InChI=1S/C20H25Cl2N5O/c1-13(2)20-23-14(3)10-18(25-20)27-8-6-26(7-9-27)12-19(28)24-17-11-15(21)4-5-16(17)22/h4-5,10-11,13H,6-9,12H2,1-3H3,(H,24,28). The summed E-state index contributed by atoms with van der Waals surface area (Å²) in [5.74, 6) is 2.03. The fraction of sp³-hybridized carbons (Fsp3) is 0.450. The first-order valence-corrected chi connectivity index (χ1v) is 10.1. The van der Waals surface area contributed by atoms with Crippen LogP contribution in [0, 0.1) is 6.92 Å².